The van der Waals surface area contributed by atoms with Crippen LogP contribution >= 0.6 is 0 Å². The molecule has 3 aromatic rings. The van der Waals surface area contributed by atoms with Gasteiger partial charge in [-0.1, -0.05) is 17.7 Å². The third kappa shape index (κ3) is 2.09. The molecule has 0 bridgehead atoms. The first-order chi connectivity index (χ1) is 9.79. The number of hydrogen-bond donors (Lipinski definition) is 1. The number of pyridine rings is 1. The van der Waals surface area contributed by atoms with Crippen LogP contribution in [0.25, 0.3) is 21.7 Å². The van der Waals surface area contributed by atoms with E-state index < -0.39 is 0 Å². The van der Waals surface area contributed by atoms with E-state index in [4.69, 9.17) is 0 Å². The van der Waals surface area contributed by atoms with Gasteiger partial charge in [-0.3, -0.25) is 4.79 Å². The average molecular weight is 281 g/mol. The zero-order valence-electron chi connectivity index (χ0n) is 12.8. The molecule has 0 aliphatic rings. The Kier molecular flexibility index (Phi) is 2.84. The first-order valence-corrected chi connectivity index (χ1v) is 7.07. The Morgan fingerprint density at radius 1 is 0.952 bits per heavy atom. The molecule has 0 spiro atoms. The second kappa shape index (κ2) is 4.35. The normalized spacial score (nSPS) is 12.2. The average Bonchev–Trinajstić information content (AvgIpc) is 2.37. The Bertz CT molecular complexity index is 914. The van der Waals surface area contributed by atoms with Crippen molar-refractivity contribution in [2.75, 3.05) is 0 Å². The first kappa shape index (κ1) is 13.7. The molecule has 21 heavy (non-hydrogen) atoms. The summed E-state index contributed by atoms with van der Waals surface area (Å²) in [7, 11) is 0. The third-order valence-electron chi connectivity index (χ3n) is 3.79. The maximum Gasteiger partial charge on any atom is 0.259 e. The number of phenolic OH excluding ortho intramolecular Hbond substituents is 1. The number of benzene rings is 2. The Morgan fingerprint density at radius 2 is 1.62 bits per heavy atom. The monoisotopic (exact) mass is 281 g/mol. The van der Waals surface area contributed by atoms with Crippen molar-refractivity contribution in [3.05, 3.63) is 52.3 Å². The lowest BCUT2D eigenvalue weighted by Gasteiger charge is -2.25. The molecule has 0 unspecified atom stereocenters. The molecule has 0 saturated carbocycles. The molecule has 3 heteroatoms. The fourth-order valence-electron chi connectivity index (χ4n) is 2.90. The molecule has 0 atom stereocenters. The van der Waals surface area contributed by atoms with E-state index in [9.17, 15) is 9.90 Å². The van der Waals surface area contributed by atoms with Gasteiger partial charge in [0.2, 0.25) is 0 Å². The Morgan fingerprint density at radius 3 is 2.29 bits per heavy atom. The van der Waals surface area contributed by atoms with Crippen molar-refractivity contribution in [1.82, 2.24) is 4.57 Å². The van der Waals surface area contributed by atoms with Gasteiger partial charge in [0.25, 0.3) is 5.56 Å². The quantitative estimate of drug-likeness (QED) is 0.634. The van der Waals surface area contributed by atoms with Crippen LogP contribution in [0, 0.1) is 6.92 Å². The van der Waals surface area contributed by atoms with E-state index in [0.29, 0.717) is 0 Å². The minimum absolute atomic E-state index is 0.0145. The molecule has 2 aromatic carbocycles. The number of hydrogen-bond acceptors (Lipinski definition) is 2. The van der Waals surface area contributed by atoms with Crippen LogP contribution in [0.5, 0.6) is 5.75 Å². The number of phenols is 1. The first-order valence-electron chi connectivity index (χ1n) is 7.07. The maximum atomic E-state index is 12.9. The largest absolute Gasteiger partial charge is 0.508 e. The highest BCUT2D eigenvalue weighted by molar-refractivity contribution is 6.06. The summed E-state index contributed by atoms with van der Waals surface area (Å²) in [6, 6.07) is 11.1. The molecule has 1 N–H and O–H groups in total. The van der Waals surface area contributed by atoms with Crippen molar-refractivity contribution in [3.63, 3.8) is 0 Å². The smallest absolute Gasteiger partial charge is 0.259 e. The van der Waals surface area contributed by atoms with Gasteiger partial charge in [-0.2, -0.15) is 0 Å². The second-order valence-electron chi connectivity index (χ2n) is 6.56. The van der Waals surface area contributed by atoms with Gasteiger partial charge in [-0.05, 0) is 51.3 Å². The van der Waals surface area contributed by atoms with Crippen molar-refractivity contribution in [2.24, 2.45) is 0 Å². The van der Waals surface area contributed by atoms with Crippen molar-refractivity contribution in [3.8, 4) is 5.75 Å². The molecule has 0 aliphatic heterocycles. The molecule has 108 valence electrons. The van der Waals surface area contributed by atoms with Crippen LogP contribution in [0.2, 0.25) is 0 Å². The Hall–Kier alpha value is -2.29. The Labute approximate surface area is 123 Å². The van der Waals surface area contributed by atoms with Crippen LogP contribution in [0.1, 0.15) is 26.3 Å². The molecular weight excluding hydrogens is 262 g/mol. The van der Waals surface area contributed by atoms with Gasteiger partial charge in [0, 0.05) is 22.4 Å². The maximum absolute atomic E-state index is 12.9. The number of fused-ring (bicyclic) bond motifs is 3. The minimum Gasteiger partial charge on any atom is -0.508 e. The van der Waals surface area contributed by atoms with E-state index >= 15 is 0 Å². The van der Waals surface area contributed by atoms with E-state index in [1.54, 1.807) is 16.7 Å². The Balaban J connectivity index is 2.67. The van der Waals surface area contributed by atoms with Crippen LogP contribution in [-0.4, -0.2) is 9.67 Å². The predicted molar refractivity (Wildman–Crippen MR) is 87.1 cm³/mol. The van der Waals surface area contributed by atoms with Crippen LogP contribution in [-0.2, 0) is 5.54 Å². The number of aryl methyl sites for hydroxylation is 1. The van der Waals surface area contributed by atoms with E-state index in [1.807, 2.05) is 52.0 Å². The van der Waals surface area contributed by atoms with Crippen molar-refractivity contribution < 1.29 is 5.11 Å². The zero-order valence-corrected chi connectivity index (χ0v) is 12.8. The molecule has 1 aromatic heterocycles. The van der Waals surface area contributed by atoms with Crippen LogP contribution in [0.15, 0.2) is 41.2 Å². The minimum atomic E-state index is -0.360. The molecule has 3 nitrogen and oxygen atoms in total. The van der Waals surface area contributed by atoms with E-state index in [-0.39, 0.29) is 16.8 Å². The topological polar surface area (TPSA) is 42.2 Å². The van der Waals surface area contributed by atoms with Gasteiger partial charge in [0.15, 0.2) is 0 Å². The number of rotatable bonds is 0. The summed E-state index contributed by atoms with van der Waals surface area (Å²) in [5, 5.41) is 12.5. The molecule has 0 aliphatic carbocycles. The fourth-order valence-corrected chi connectivity index (χ4v) is 2.90. The van der Waals surface area contributed by atoms with E-state index in [2.05, 4.69) is 0 Å². The van der Waals surface area contributed by atoms with Gasteiger partial charge in [-0.25, -0.2) is 0 Å². The summed E-state index contributed by atoms with van der Waals surface area (Å²) < 4.78 is 1.77. The second-order valence-corrected chi connectivity index (χ2v) is 6.56. The number of aromatic hydroxyl groups is 1. The molecule has 0 amide bonds. The van der Waals surface area contributed by atoms with Gasteiger partial charge in [0.05, 0.1) is 5.52 Å². The predicted octanol–water partition coefficient (Wildman–Crippen LogP) is 3.92. The van der Waals surface area contributed by atoms with Gasteiger partial charge < -0.3 is 9.67 Å². The molecule has 0 fully saturated rings. The molecule has 0 saturated heterocycles. The number of nitrogens with zero attached hydrogens (tertiary/aromatic N) is 1. The molecule has 0 radical (unpaired) electrons. The van der Waals surface area contributed by atoms with Crippen LogP contribution < -0.4 is 5.56 Å². The third-order valence-corrected chi connectivity index (χ3v) is 3.79. The zero-order chi connectivity index (χ0) is 15.4. The van der Waals surface area contributed by atoms with Gasteiger partial charge in [-0.15, -0.1) is 0 Å². The lowest BCUT2D eigenvalue weighted by molar-refractivity contribution is 0.399. The van der Waals surface area contributed by atoms with Crippen molar-refractivity contribution >= 4 is 21.7 Å². The highest BCUT2D eigenvalue weighted by atomic mass is 16.3. The van der Waals surface area contributed by atoms with Crippen LogP contribution in [0.4, 0.5) is 0 Å². The summed E-state index contributed by atoms with van der Waals surface area (Å²) in [5.41, 5.74) is 1.46. The summed E-state index contributed by atoms with van der Waals surface area (Å²) in [4.78, 5) is 12.9. The summed E-state index contributed by atoms with van der Waals surface area (Å²) in [5.74, 6) is 0.173. The van der Waals surface area contributed by atoms with E-state index in [1.165, 1.54) is 0 Å². The van der Waals surface area contributed by atoms with Crippen molar-refractivity contribution in [1.29, 1.82) is 0 Å². The summed E-state index contributed by atoms with van der Waals surface area (Å²) in [6.07, 6.45) is 0. The lowest BCUT2D eigenvalue weighted by atomic mass is 10.0. The standard InChI is InChI=1S/C18H19NO2/c1-11-5-7-13-14-8-6-12(20)10-16(14)19(18(2,3)4)17(21)15(13)9-11/h5-10,20H,1-4H3. The van der Waals surface area contributed by atoms with Gasteiger partial charge >= 0.3 is 0 Å². The molecule has 1 heterocycles. The summed E-state index contributed by atoms with van der Waals surface area (Å²) in [6.45, 7) is 7.99. The van der Waals surface area contributed by atoms with Crippen LogP contribution in [0.3, 0.4) is 0 Å². The fraction of sp³-hybridized carbons (Fsp3) is 0.278. The molecule has 3 rings (SSSR count). The van der Waals surface area contributed by atoms with Crippen molar-refractivity contribution in [2.45, 2.75) is 33.2 Å². The number of aromatic nitrogens is 1. The molecular formula is C18H19NO2. The SMILES string of the molecule is Cc1ccc2c(c1)c(=O)n(C(C)(C)C)c1cc(O)ccc21. The summed E-state index contributed by atoms with van der Waals surface area (Å²) >= 11 is 0. The van der Waals surface area contributed by atoms with Gasteiger partial charge in [0.1, 0.15) is 5.75 Å². The lowest BCUT2D eigenvalue weighted by Crippen LogP contribution is -2.34. The highest BCUT2D eigenvalue weighted by Gasteiger charge is 2.20. The van der Waals surface area contributed by atoms with E-state index in [0.717, 1.165) is 27.2 Å². The highest BCUT2D eigenvalue weighted by Crippen LogP contribution is 2.29.